The largest absolute Gasteiger partial charge is 0.490 e. The molecule has 0 amide bonds. The summed E-state index contributed by atoms with van der Waals surface area (Å²) in [5.74, 6) is 1.01. The number of carbonyl (C=O) groups is 2. The lowest BCUT2D eigenvalue weighted by molar-refractivity contribution is 0.0497. The molecule has 3 aromatic rings. The Labute approximate surface area is 249 Å². The van der Waals surface area contributed by atoms with Crippen molar-refractivity contribution in [3.05, 3.63) is 35.4 Å². The van der Waals surface area contributed by atoms with Crippen molar-refractivity contribution in [1.82, 2.24) is 0 Å². The number of carbonyl (C=O) groups excluding carboxylic acids is 2. The number of benzene rings is 3. The lowest BCUT2D eigenvalue weighted by Gasteiger charge is -2.21. The summed E-state index contributed by atoms with van der Waals surface area (Å²) in [4.78, 5) is 27.5. The number of hydrogen-bond acceptors (Lipinski definition) is 8. The van der Waals surface area contributed by atoms with Gasteiger partial charge in [0, 0.05) is 21.5 Å². The van der Waals surface area contributed by atoms with Crippen LogP contribution in [0.25, 0.3) is 21.5 Å². The average molecular weight is 583 g/mol. The van der Waals surface area contributed by atoms with Crippen LogP contribution < -0.4 is 18.9 Å². The summed E-state index contributed by atoms with van der Waals surface area (Å²) in [6.07, 6.45) is 4.51. The summed E-state index contributed by atoms with van der Waals surface area (Å²) in [7, 11) is 0. The molecule has 42 heavy (non-hydrogen) atoms. The van der Waals surface area contributed by atoms with Crippen molar-refractivity contribution < 1.29 is 38.0 Å². The van der Waals surface area contributed by atoms with Crippen LogP contribution in [0.1, 0.15) is 101 Å². The van der Waals surface area contributed by atoms with Crippen molar-refractivity contribution in [3.63, 3.8) is 0 Å². The highest BCUT2D eigenvalue weighted by Gasteiger charge is 2.28. The molecule has 0 aromatic heterocycles. The normalized spacial score (nSPS) is 11.0. The molecule has 0 unspecified atom stereocenters. The lowest BCUT2D eigenvalue weighted by Crippen LogP contribution is -2.13. The number of hydrogen-bond donors (Lipinski definition) is 0. The Bertz CT molecular complexity index is 1160. The third kappa shape index (κ3) is 7.78. The van der Waals surface area contributed by atoms with Gasteiger partial charge in [-0.05, 0) is 62.8 Å². The van der Waals surface area contributed by atoms with Gasteiger partial charge in [0.25, 0.3) is 0 Å². The minimum absolute atomic E-state index is 0.260. The van der Waals surface area contributed by atoms with E-state index in [2.05, 4.69) is 0 Å². The zero-order chi connectivity index (χ0) is 30.5. The summed E-state index contributed by atoms with van der Waals surface area (Å²) in [6.45, 7) is 14.4. The molecule has 0 saturated heterocycles. The van der Waals surface area contributed by atoms with E-state index in [9.17, 15) is 9.59 Å². The van der Waals surface area contributed by atoms with E-state index in [1.54, 1.807) is 24.3 Å². The Morgan fingerprint density at radius 3 is 0.881 bits per heavy atom. The average Bonchev–Trinajstić information content (AvgIpc) is 3.00. The standard InChI is InChI=1S/C34H46O8/c1-7-13-37-27-19-23-24(20-28(27)38-14-8-2)32(34(36)42-18-12-6)26-22-30(40-16-10-4)29(39-15-9-3)21-25(26)31(23)33(35)41-17-11-5/h19-22H,7-18H2,1-6H3. The molecule has 230 valence electrons. The van der Waals surface area contributed by atoms with Crippen LogP contribution in [0.4, 0.5) is 0 Å². The molecule has 0 bridgehead atoms. The molecule has 8 nitrogen and oxygen atoms in total. The van der Waals surface area contributed by atoms with E-state index >= 15 is 0 Å². The number of fused-ring (bicyclic) bond motifs is 2. The number of rotatable bonds is 18. The van der Waals surface area contributed by atoms with Crippen molar-refractivity contribution in [2.24, 2.45) is 0 Å². The van der Waals surface area contributed by atoms with E-state index in [0.29, 0.717) is 94.9 Å². The third-order valence-corrected chi connectivity index (χ3v) is 6.37. The molecule has 0 saturated carbocycles. The Hall–Kier alpha value is -3.68. The first-order chi connectivity index (χ1) is 20.4. The minimum atomic E-state index is -0.493. The number of esters is 2. The molecule has 3 aromatic carbocycles. The highest BCUT2D eigenvalue weighted by Crippen LogP contribution is 2.44. The van der Waals surface area contributed by atoms with Crippen LogP contribution in [0.2, 0.25) is 0 Å². The van der Waals surface area contributed by atoms with Gasteiger partial charge < -0.3 is 28.4 Å². The van der Waals surface area contributed by atoms with Crippen molar-refractivity contribution in [1.29, 1.82) is 0 Å². The maximum Gasteiger partial charge on any atom is 0.339 e. The second-order valence-electron chi connectivity index (χ2n) is 10.1. The van der Waals surface area contributed by atoms with Gasteiger partial charge in [-0.2, -0.15) is 0 Å². The molecule has 0 aliphatic carbocycles. The van der Waals surface area contributed by atoms with Gasteiger partial charge in [-0.3, -0.25) is 0 Å². The molecule has 0 N–H and O–H groups in total. The topological polar surface area (TPSA) is 89.5 Å². The van der Waals surface area contributed by atoms with E-state index in [-0.39, 0.29) is 13.2 Å². The minimum Gasteiger partial charge on any atom is -0.490 e. The number of ether oxygens (including phenoxy) is 6. The van der Waals surface area contributed by atoms with E-state index in [0.717, 1.165) is 25.7 Å². The highest BCUT2D eigenvalue weighted by atomic mass is 16.5. The summed E-state index contributed by atoms with van der Waals surface area (Å²) < 4.78 is 35.7. The summed E-state index contributed by atoms with van der Waals surface area (Å²) >= 11 is 0. The summed E-state index contributed by atoms with van der Waals surface area (Å²) in [5, 5.41) is 2.08. The van der Waals surface area contributed by atoms with Gasteiger partial charge in [0.2, 0.25) is 0 Å². The first-order valence-corrected chi connectivity index (χ1v) is 15.4. The molecule has 8 heteroatoms. The SMILES string of the molecule is CCCOC(=O)c1c2cc(OCCC)c(OCCC)cc2c(C(=O)OCCC)c2cc(OCCC)c(OCCC)cc12. The van der Waals surface area contributed by atoms with Crippen LogP contribution in [-0.4, -0.2) is 51.6 Å². The van der Waals surface area contributed by atoms with E-state index in [1.807, 2.05) is 41.5 Å². The first kappa shape index (κ1) is 32.8. The van der Waals surface area contributed by atoms with Gasteiger partial charge in [0.15, 0.2) is 23.0 Å². The molecule has 0 fully saturated rings. The zero-order valence-electron chi connectivity index (χ0n) is 26.1. The van der Waals surface area contributed by atoms with Crippen LogP contribution >= 0.6 is 0 Å². The Morgan fingerprint density at radius 1 is 0.429 bits per heavy atom. The van der Waals surface area contributed by atoms with Crippen LogP contribution in [-0.2, 0) is 9.47 Å². The molecule has 0 aliphatic rings. The summed E-state index contributed by atoms with van der Waals surface area (Å²) in [5.41, 5.74) is 0.652. The molecular formula is C34H46O8. The fraction of sp³-hybridized carbons (Fsp3) is 0.529. The van der Waals surface area contributed by atoms with Gasteiger partial charge in [0.1, 0.15) is 0 Å². The fourth-order valence-corrected chi connectivity index (χ4v) is 4.51. The zero-order valence-corrected chi connectivity index (χ0v) is 26.1. The van der Waals surface area contributed by atoms with Crippen molar-refractivity contribution in [3.8, 4) is 23.0 Å². The van der Waals surface area contributed by atoms with Crippen molar-refractivity contribution >= 4 is 33.5 Å². The second-order valence-corrected chi connectivity index (χ2v) is 10.1. The monoisotopic (exact) mass is 582 g/mol. The maximum atomic E-state index is 13.8. The van der Waals surface area contributed by atoms with Crippen molar-refractivity contribution in [2.45, 2.75) is 80.1 Å². The van der Waals surface area contributed by atoms with Crippen molar-refractivity contribution in [2.75, 3.05) is 39.6 Å². The Kier molecular flexibility index (Phi) is 13.0. The fourth-order valence-electron chi connectivity index (χ4n) is 4.51. The van der Waals surface area contributed by atoms with Crippen LogP contribution in [0, 0.1) is 0 Å². The van der Waals surface area contributed by atoms with Crippen LogP contribution in [0.5, 0.6) is 23.0 Å². The molecule has 0 spiro atoms. The second kappa shape index (κ2) is 16.7. The Morgan fingerprint density at radius 2 is 0.667 bits per heavy atom. The molecule has 0 radical (unpaired) electrons. The maximum absolute atomic E-state index is 13.8. The van der Waals surface area contributed by atoms with E-state index in [4.69, 9.17) is 28.4 Å². The highest BCUT2D eigenvalue weighted by molar-refractivity contribution is 6.25. The molecule has 0 heterocycles. The lowest BCUT2D eigenvalue weighted by atomic mass is 9.90. The smallest absolute Gasteiger partial charge is 0.339 e. The van der Waals surface area contributed by atoms with E-state index < -0.39 is 11.9 Å². The van der Waals surface area contributed by atoms with E-state index in [1.165, 1.54) is 0 Å². The van der Waals surface area contributed by atoms with Crippen LogP contribution in [0.3, 0.4) is 0 Å². The molecule has 0 aliphatic heterocycles. The van der Waals surface area contributed by atoms with Crippen LogP contribution in [0.15, 0.2) is 24.3 Å². The van der Waals surface area contributed by atoms with Gasteiger partial charge in [-0.1, -0.05) is 41.5 Å². The van der Waals surface area contributed by atoms with Gasteiger partial charge in [-0.15, -0.1) is 0 Å². The molecular weight excluding hydrogens is 536 g/mol. The summed E-state index contributed by atoms with van der Waals surface area (Å²) in [6, 6.07) is 7.12. The predicted octanol–water partition coefficient (Wildman–Crippen LogP) is 8.28. The Balaban J connectivity index is 2.52. The van der Waals surface area contributed by atoms with Gasteiger partial charge in [0.05, 0.1) is 50.8 Å². The quantitative estimate of drug-likeness (QED) is 0.109. The predicted molar refractivity (Wildman–Crippen MR) is 166 cm³/mol. The first-order valence-electron chi connectivity index (χ1n) is 15.4. The molecule has 3 rings (SSSR count). The third-order valence-electron chi connectivity index (χ3n) is 6.37. The molecule has 0 atom stereocenters. The van der Waals surface area contributed by atoms with Gasteiger partial charge in [-0.25, -0.2) is 9.59 Å². The van der Waals surface area contributed by atoms with Gasteiger partial charge >= 0.3 is 11.9 Å².